The van der Waals surface area contributed by atoms with Gasteiger partial charge in [-0.3, -0.25) is 4.79 Å². The maximum atomic E-state index is 15.5. The lowest BCUT2D eigenvalue weighted by Crippen LogP contribution is -2.41. The summed E-state index contributed by atoms with van der Waals surface area (Å²) in [5, 5.41) is 2.82. The number of hydrogen-bond acceptors (Lipinski definition) is 7. The fourth-order valence-electron chi connectivity index (χ4n) is 3.76. The number of carbonyl (C=O) groups is 1. The van der Waals surface area contributed by atoms with Gasteiger partial charge in [0.15, 0.2) is 11.6 Å². The molecule has 1 aromatic carbocycles. The van der Waals surface area contributed by atoms with E-state index in [9.17, 15) is 13.6 Å². The van der Waals surface area contributed by atoms with Crippen molar-refractivity contribution in [2.45, 2.75) is 52.3 Å². The Morgan fingerprint density at radius 2 is 1.94 bits per heavy atom. The molecule has 186 valence electrons. The molecule has 8 nitrogen and oxygen atoms in total. The largest absolute Gasteiger partial charge is 0.433 e. The van der Waals surface area contributed by atoms with Gasteiger partial charge in [0.2, 0.25) is 11.7 Å². The molecular formula is C23H30F3N5O3. The number of ether oxygens (including phenoxy) is 2. The molecule has 0 bridgehead atoms. The monoisotopic (exact) mass is 481 g/mol. The average molecular weight is 482 g/mol. The van der Waals surface area contributed by atoms with E-state index < -0.39 is 29.9 Å². The lowest BCUT2D eigenvalue weighted by atomic mass is 9.88. The van der Waals surface area contributed by atoms with Gasteiger partial charge in [0.05, 0.1) is 19.3 Å². The van der Waals surface area contributed by atoms with Gasteiger partial charge in [-0.15, -0.1) is 0 Å². The number of benzene rings is 1. The minimum Gasteiger partial charge on any atom is -0.433 e. The van der Waals surface area contributed by atoms with Crippen LogP contribution in [0.5, 0.6) is 5.75 Å². The summed E-state index contributed by atoms with van der Waals surface area (Å²) < 4.78 is 51.9. The molecule has 1 aliphatic rings. The Bertz CT molecular complexity index is 993. The second-order valence-electron chi connectivity index (χ2n) is 9.49. The molecule has 1 saturated heterocycles. The smallest absolute Gasteiger partial charge is 0.394 e. The van der Waals surface area contributed by atoms with Gasteiger partial charge < -0.3 is 25.4 Å². The molecule has 11 heteroatoms. The summed E-state index contributed by atoms with van der Waals surface area (Å²) in [6, 6.07) is 4.85. The summed E-state index contributed by atoms with van der Waals surface area (Å²) in [4.78, 5) is 21.8. The lowest BCUT2D eigenvalue weighted by Gasteiger charge is -2.37. The number of anilines is 2. The van der Waals surface area contributed by atoms with Crippen LogP contribution < -0.4 is 20.7 Å². The van der Waals surface area contributed by atoms with E-state index in [-0.39, 0.29) is 29.4 Å². The first kappa shape index (κ1) is 25.5. The molecular weight excluding hydrogens is 451 g/mol. The molecule has 2 atom stereocenters. The summed E-state index contributed by atoms with van der Waals surface area (Å²) in [5.41, 5.74) is 6.00. The highest BCUT2D eigenvalue weighted by atomic mass is 19.3. The van der Waals surface area contributed by atoms with Crippen LogP contribution in [0, 0.1) is 11.2 Å². The van der Waals surface area contributed by atoms with Crippen molar-refractivity contribution in [1.82, 2.24) is 9.97 Å². The molecule has 2 aromatic rings. The molecule has 0 aliphatic carbocycles. The van der Waals surface area contributed by atoms with Crippen molar-refractivity contribution in [3.63, 3.8) is 0 Å². The summed E-state index contributed by atoms with van der Waals surface area (Å²) in [7, 11) is 0. The molecule has 1 amide bonds. The van der Waals surface area contributed by atoms with Crippen LogP contribution >= 0.6 is 0 Å². The summed E-state index contributed by atoms with van der Waals surface area (Å²) >= 11 is 0. The number of nitrogens with one attached hydrogen (secondary N) is 1. The molecule has 34 heavy (non-hydrogen) atoms. The molecule has 3 N–H and O–H groups in total. The molecule has 2 heterocycles. The van der Waals surface area contributed by atoms with Crippen LogP contribution in [0.15, 0.2) is 30.6 Å². The Labute approximate surface area is 196 Å². The van der Waals surface area contributed by atoms with Crippen molar-refractivity contribution in [3.8, 4) is 5.75 Å². The van der Waals surface area contributed by atoms with E-state index >= 15 is 4.39 Å². The topological polar surface area (TPSA) is 103 Å². The van der Waals surface area contributed by atoms with Crippen LogP contribution in [0.2, 0.25) is 0 Å². The van der Waals surface area contributed by atoms with Crippen LogP contribution in [-0.2, 0) is 9.53 Å². The highest BCUT2D eigenvalue weighted by Gasteiger charge is 2.31. The van der Waals surface area contributed by atoms with Gasteiger partial charge in [-0.2, -0.15) is 13.2 Å². The predicted molar refractivity (Wildman–Crippen MR) is 121 cm³/mol. The zero-order valence-corrected chi connectivity index (χ0v) is 19.6. The molecule has 1 aromatic heterocycles. The van der Waals surface area contributed by atoms with Crippen molar-refractivity contribution >= 4 is 17.5 Å². The summed E-state index contributed by atoms with van der Waals surface area (Å²) in [6.45, 7) is 7.42. The van der Waals surface area contributed by atoms with Crippen molar-refractivity contribution in [2.75, 3.05) is 30.0 Å². The maximum Gasteiger partial charge on any atom is 0.394 e. The van der Waals surface area contributed by atoms with Crippen molar-refractivity contribution in [1.29, 1.82) is 0 Å². The maximum absolute atomic E-state index is 15.5. The quantitative estimate of drug-likeness (QED) is 0.590. The van der Waals surface area contributed by atoms with Crippen LogP contribution in [-0.4, -0.2) is 47.8 Å². The fourth-order valence-corrected chi connectivity index (χ4v) is 3.76. The van der Waals surface area contributed by atoms with Crippen molar-refractivity contribution in [2.24, 2.45) is 11.1 Å². The third kappa shape index (κ3) is 6.72. The van der Waals surface area contributed by atoms with Crippen molar-refractivity contribution in [3.05, 3.63) is 42.0 Å². The van der Waals surface area contributed by atoms with E-state index in [2.05, 4.69) is 20.0 Å². The third-order valence-corrected chi connectivity index (χ3v) is 5.20. The van der Waals surface area contributed by atoms with E-state index in [1.807, 2.05) is 20.8 Å². The molecule has 1 aliphatic heterocycles. The van der Waals surface area contributed by atoms with Gasteiger partial charge in [-0.25, -0.2) is 9.97 Å². The molecule has 0 spiro atoms. The fraction of sp³-hybridized carbons (Fsp3) is 0.522. The number of alkyl halides is 2. The Balaban J connectivity index is 1.87. The number of nitrogens with zero attached hydrogens (tertiary/aromatic N) is 3. The van der Waals surface area contributed by atoms with Crippen LogP contribution in [0.3, 0.4) is 0 Å². The number of aromatic nitrogens is 2. The first-order valence-corrected chi connectivity index (χ1v) is 10.9. The van der Waals surface area contributed by atoms with Crippen LogP contribution in [0.1, 0.15) is 45.7 Å². The number of halogens is 3. The van der Waals surface area contributed by atoms with Gasteiger partial charge in [0.25, 0.3) is 0 Å². The molecule has 0 saturated carbocycles. The van der Waals surface area contributed by atoms with Gasteiger partial charge in [0, 0.05) is 13.5 Å². The second kappa shape index (κ2) is 10.0. The molecule has 3 rings (SSSR count). The minimum atomic E-state index is -3.30. The van der Waals surface area contributed by atoms with E-state index in [1.165, 1.54) is 18.5 Å². The number of primary amides is 1. The van der Waals surface area contributed by atoms with Crippen LogP contribution in [0.25, 0.3) is 0 Å². The van der Waals surface area contributed by atoms with Gasteiger partial charge in [-0.05, 0) is 29.5 Å². The Kier molecular flexibility index (Phi) is 7.54. The first-order chi connectivity index (χ1) is 15.8. The molecule has 0 radical (unpaired) electrons. The first-order valence-electron chi connectivity index (χ1n) is 10.9. The van der Waals surface area contributed by atoms with E-state index in [4.69, 9.17) is 10.5 Å². The van der Waals surface area contributed by atoms with Gasteiger partial charge >= 0.3 is 6.11 Å². The van der Waals surface area contributed by atoms with E-state index in [0.29, 0.717) is 32.1 Å². The van der Waals surface area contributed by atoms with E-state index in [1.54, 1.807) is 17.0 Å². The normalized spacial score (nSPS) is 17.9. The number of amides is 1. The van der Waals surface area contributed by atoms with Gasteiger partial charge in [-0.1, -0.05) is 32.9 Å². The van der Waals surface area contributed by atoms with E-state index in [0.717, 1.165) is 0 Å². The highest BCUT2D eigenvalue weighted by Crippen LogP contribution is 2.33. The zero-order valence-electron chi connectivity index (χ0n) is 19.6. The standard InChI is InChI=1S/C23H30F3N5O3/c1-22(2,3)11-16(19(27)32)30-20-18(24)21(29-13-28-20)31-9-10-33-12-17(31)14-5-7-15(8-6-14)34-23(4,25)26/h5-8,13,16-17H,9-12H2,1-4H3,(H2,27,32)(H,28,29,30). The van der Waals surface area contributed by atoms with Crippen LogP contribution in [0.4, 0.5) is 24.8 Å². The predicted octanol–water partition coefficient (Wildman–Crippen LogP) is 3.89. The zero-order chi connectivity index (χ0) is 25.1. The average Bonchev–Trinajstić information content (AvgIpc) is 2.73. The summed E-state index contributed by atoms with van der Waals surface area (Å²) in [6.07, 6.45) is -1.71. The number of hydrogen-bond donors (Lipinski definition) is 2. The Morgan fingerprint density at radius 3 is 2.53 bits per heavy atom. The number of morpholine rings is 1. The van der Waals surface area contributed by atoms with Crippen molar-refractivity contribution < 1.29 is 27.4 Å². The highest BCUT2D eigenvalue weighted by molar-refractivity contribution is 5.82. The SMILES string of the molecule is CC(C)(C)CC(Nc1ncnc(N2CCOCC2c2ccc(OC(C)(F)F)cc2)c1F)C(N)=O. The molecule has 2 unspecified atom stereocenters. The summed E-state index contributed by atoms with van der Waals surface area (Å²) in [5.74, 6) is -1.42. The minimum absolute atomic E-state index is 0.00979. The molecule has 1 fully saturated rings. The lowest BCUT2D eigenvalue weighted by molar-refractivity contribution is -0.159. The van der Waals surface area contributed by atoms with Gasteiger partial charge in [0.1, 0.15) is 18.1 Å². The number of rotatable bonds is 8. The number of nitrogens with two attached hydrogens (primary N) is 1. The third-order valence-electron chi connectivity index (χ3n) is 5.20. The Morgan fingerprint density at radius 1 is 1.26 bits per heavy atom. The Hall–Kier alpha value is -3.08. The number of carbonyl (C=O) groups excluding carboxylic acids is 1. The second-order valence-corrected chi connectivity index (χ2v) is 9.49.